The van der Waals surface area contributed by atoms with E-state index < -0.39 is 0 Å². The lowest BCUT2D eigenvalue weighted by Gasteiger charge is -2.20. The highest BCUT2D eigenvalue weighted by molar-refractivity contribution is 14.0. The molecule has 4 nitrogen and oxygen atoms in total. The van der Waals surface area contributed by atoms with Crippen molar-refractivity contribution in [2.45, 2.75) is 57.8 Å². The Hall–Kier alpha value is -0.370. The van der Waals surface area contributed by atoms with Gasteiger partial charge in [-0.25, -0.2) is 4.98 Å². The summed E-state index contributed by atoms with van der Waals surface area (Å²) in [5, 5.41) is 1.24. The van der Waals surface area contributed by atoms with Crippen LogP contribution in [0.3, 0.4) is 0 Å². The predicted molar refractivity (Wildman–Crippen MR) is 104 cm³/mol. The Kier molecular flexibility index (Phi) is 7.40. The summed E-state index contributed by atoms with van der Waals surface area (Å²) in [5.41, 5.74) is 7.49. The van der Waals surface area contributed by atoms with Crippen LogP contribution >= 0.6 is 35.3 Å². The van der Waals surface area contributed by atoms with Crippen molar-refractivity contribution >= 4 is 41.3 Å². The standard InChI is InChI=1S/C16H26N4S.HI/c17-16(20-11-5-1-2-6-12-20)18-10-9-15-19-13-7-3-4-8-14(13)21-15;/h1-12H2,(H2,17,18);1H. The van der Waals surface area contributed by atoms with Gasteiger partial charge in [0.05, 0.1) is 10.7 Å². The number of hydrogen-bond donors (Lipinski definition) is 1. The summed E-state index contributed by atoms with van der Waals surface area (Å²) in [6.45, 7) is 2.91. The molecule has 0 amide bonds. The van der Waals surface area contributed by atoms with E-state index in [0.29, 0.717) is 0 Å². The fraction of sp³-hybridized carbons (Fsp3) is 0.750. The van der Waals surface area contributed by atoms with Crippen molar-refractivity contribution in [3.05, 3.63) is 15.6 Å². The lowest BCUT2D eigenvalue weighted by molar-refractivity contribution is 0.428. The number of thiazole rings is 1. The summed E-state index contributed by atoms with van der Waals surface area (Å²) in [4.78, 5) is 13.1. The zero-order valence-corrected chi connectivity index (χ0v) is 16.4. The first-order chi connectivity index (χ1) is 10.3. The van der Waals surface area contributed by atoms with E-state index in [1.54, 1.807) is 0 Å². The molecule has 6 heteroatoms. The third kappa shape index (κ3) is 4.81. The SMILES string of the molecule is I.NC(=NCCc1nc2c(s1)CCCC2)N1CCCCCC1. The molecule has 124 valence electrons. The maximum Gasteiger partial charge on any atom is 0.191 e. The summed E-state index contributed by atoms with van der Waals surface area (Å²) in [6.07, 6.45) is 11.1. The topological polar surface area (TPSA) is 54.5 Å². The van der Waals surface area contributed by atoms with Gasteiger partial charge in [0, 0.05) is 30.9 Å². The molecule has 0 atom stereocenters. The average molecular weight is 434 g/mol. The van der Waals surface area contributed by atoms with Gasteiger partial charge in [0.25, 0.3) is 0 Å². The van der Waals surface area contributed by atoms with Crippen LogP contribution in [0.1, 0.15) is 54.1 Å². The molecule has 1 aromatic heterocycles. The van der Waals surface area contributed by atoms with Gasteiger partial charge in [0.15, 0.2) is 5.96 Å². The molecule has 22 heavy (non-hydrogen) atoms. The number of rotatable bonds is 3. The number of nitrogens with zero attached hydrogens (tertiary/aromatic N) is 3. The monoisotopic (exact) mass is 434 g/mol. The van der Waals surface area contributed by atoms with E-state index in [-0.39, 0.29) is 24.0 Å². The van der Waals surface area contributed by atoms with Gasteiger partial charge in [-0.05, 0) is 38.5 Å². The van der Waals surface area contributed by atoms with E-state index in [1.807, 2.05) is 11.3 Å². The van der Waals surface area contributed by atoms with Crippen LogP contribution in [0.5, 0.6) is 0 Å². The summed E-state index contributed by atoms with van der Waals surface area (Å²) < 4.78 is 0. The van der Waals surface area contributed by atoms with Gasteiger partial charge in [-0.2, -0.15) is 0 Å². The maximum atomic E-state index is 6.14. The number of likely N-dealkylation sites (tertiary alicyclic amines) is 1. The molecule has 2 aliphatic rings. The second-order valence-corrected chi connectivity index (χ2v) is 7.24. The van der Waals surface area contributed by atoms with E-state index >= 15 is 0 Å². The molecule has 3 rings (SSSR count). The molecule has 0 unspecified atom stereocenters. The van der Waals surface area contributed by atoms with Crippen LogP contribution in [-0.2, 0) is 19.3 Å². The van der Waals surface area contributed by atoms with Crippen LogP contribution < -0.4 is 5.73 Å². The van der Waals surface area contributed by atoms with Gasteiger partial charge in [-0.1, -0.05) is 12.8 Å². The minimum Gasteiger partial charge on any atom is -0.370 e. The van der Waals surface area contributed by atoms with Gasteiger partial charge in [-0.15, -0.1) is 35.3 Å². The highest BCUT2D eigenvalue weighted by Crippen LogP contribution is 2.26. The van der Waals surface area contributed by atoms with E-state index in [9.17, 15) is 0 Å². The minimum atomic E-state index is 0. The Balaban J connectivity index is 0.00000176. The number of hydrogen-bond acceptors (Lipinski definition) is 3. The van der Waals surface area contributed by atoms with Crippen LogP contribution in [0.2, 0.25) is 0 Å². The van der Waals surface area contributed by atoms with Gasteiger partial charge in [-0.3, -0.25) is 4.99 Å². The number of fused-ring (bicyclic) bond motifs is 1. The zero-order chi connectivity index (χ0) is 14.5. The lowest BCUT2D eigenvalue weighted by Crippen LogP contribution is -2.38. The third-order valence-corrected chi connectivity index (χ3v) is 5.64. The molecule has 1 saturated heterocycles. The summed E-state index contributed by atoms with van der Waals surface area (Å²) in [5.74, 6) is 0.734. The van der Waals surface area contributed by atoms with E-state index in [1.165, 1.54) is 66.9 Å². The number of halogens is 1. The van der Waals surface area contributed by atoms with E-state index in [2.05, 4.69) is 9.89 Å². The first-order valence-corrected chi connectivity index (χ1v) is 9.17. The van der Waals surface area contributed by atoms with Crippen LogP contribution in [0, 0.1) is 0 Å². The van der Waals surface area contributed by atoms with Crippen LogP contribution in [0.4, 0.5) is 0 Å². The second-order valence-electron chi connectivity index (χ2n) is 6.08. The van der Waals surface area contributed by atoms with Crippen molar-refractivity contribution in [1.29, 1.82) is 0 Å². The molecule has 0 aromatic carbocycles. The van der Waals surface area contributed by atoms with Gasteiger partial charge >= 0.3 is 0 Å². The fourth-order valence-electron chi connectivity index (χ4n) is 3.18. The van der Waals surface area contributed by atoms with Gasteiger partial charge < -0.3 is 10.6 Å². The van der Waals surface area contributed by atoms with Crippen molar-refractivity contribution in [3.8, 4) is 0 Å². The lowest BCUT2D eigenvalue weighted by atomic mass is 10.0. The molecule has 2 N–H and O–H groups in total. The molecule has 1 aliphatic carbocycles. The van der Waals surface area contributed by atoms with E-state index in [0.717, 1.165) is 32.0 Å². The van der Waals surface area contributed by atoms with Crippen molar-refractivity contribution in [3.63, 3.8) is 0 Å². The highest BCUT2D eigenvalue weighted by atomic mass is 127. The van der Waals surface area contributed by atoms with Crippen molar-refractivity contribution < 1.29 is 0 Å². The highest BCUT2D eigenvalue weighted by Gasteiger charge is 2.15. The second kappa shape index (κ2) is 9.05. The predicted octanol–water partition coefficient (Wildman–Crippen LogP) is 3.37. The Labute approximate surface area is 154 Å². The largest absolute Gasteiger partial charge is 0.370 e. The molecule has 0 saturated carbocycles. The molecule has 1 aromatic rings. The maximum absolute atomic E-state index is 6.14. The van der Waals surface area contributed by atoms with Crippen LogP contribution in [0.15, 0.2) is 4.99 Å². The first-order valence-electron chi connectivity index (χ1n) is 8.35. The quantitative estimate of drug-likeness (QED) is 0.451. The summed E-state index contributed by atoms with van der Waals surface area (Å²) >= 11 is 1.89. The third-order valence-electron chi connectivity index (χ3n) is 4.42. The Morgan fingerprint density at radius 3 is 2.55 bits per heavy atom. The zero-order valence-electron chi connectivity index (χ0n) is 13.2. The molecule has 0 bridgehead atoms. The molecule has 1 fully saturated rings. The Morgan fingerprint density at radius 2 is 1.82 bits per heavy atom. The molecular formula is C16H27IN4S. The van der Waals surface area contributed by atoms with Crippen LogP contribution in [-0.4, -0.2) is 35.5 Å². The van der Waals surface area contributed by atoms with Crippen LogP contribution in [0.25, 0.3) is 0 Å². The number of aliphatic imine (C=N–C) groups is 1. The number of guanidine groups is 1. The molecule has 0 radical (unpaired) electrons. The molecule has 1 aliphatic heterocycles. The first kappa shape index (κ1) is 18.0. The number of aromatic nitrogens is 1. The molecular weight excluding hydrogens is 407 g/mol. The number of nitrogens with two attached hydrogens (primary N) is 1. The summed E-state index contributed by atoms with van der Waals surface area (Å²) in [6, 6.07) is 0. The Morgan fingerprint density at radius 1 is 1.09 bits per heavy atom. The van der Waals surface area contributed by atoms with Gasteiger partial charge in [0.2, 0.25) is 0 Å². The van der Waals surface area contributed by atoms with Crippen molar-refractivity contribution in [2.75, 3.05) is 19.6 Å². The van der Waals surface area contributed by atoms with Gasteiger partial charge in [0.1, 0.15) is 0 Å². The smallest absolute Gasteiger partial charge is 0.191 e. The van der Waals surface area contributed by atoms with Crippen molar-refractivity contribution in [2.24, 2.45) is 10.7 Å². The average Bonchev–Trinajstić information content (AvgIpc) is 2.71. The molecule has 0 spiro atoms. The fourth-order valence-corrected chi connectivity index (χ4v) is 4.32. The molecule has 2 heterocycles. The number of aryl methyl sites for hydroxylation is 2. The van der Waals surface area contributed by atoms with E-state index in [4.69, 9.17) is 10.7 Å². The van der Waals surface area contributed by atoms with Crippen molar-refractivity contribution in [1.82, 2.24) is 9.88 Å². The summed E-state index contributed by atoms with van der Waals surface area (Å²) in [7, 11) is 0. The normalized spacial score (nSPS) is 19.3. The minimum absolute atomic E-state index is 0. The Bertz CT molecular complexity index is 469.